The molecule has 0 saturated heterocycles. The van der Waals surface area contributed by atoms with Crippen LogP contribution in [0, 0.1) is 5.92 Å². The van der Waals surface area contributed by atoms with Crippen LogP contribution in [0.25, 0.3) is 0 Å². The summed E-state index contributed by atoms with van der Waals surface area (Å²) in [6.45, 7) is 7.97. The Balaban J connectivity index is 2.77. The van der Waals surface area contributed by atoms with Gasteiger partial charge in [-0.1, -0.05) is 19.8 Å². The maximum Gasteiger partial charge on any atom is 0.242 e. The largest absolute Gasteiger partial charge is 0.337 e. The molecule has 0 heterocycles. The molecule has 3 unspecified atom stereocenters. The van der Waals surface area contributed by atoms with Crippen LogP contribution in [0.1, 0.15) is 46.5 Å². The lowest BCUT2D eigenvalue weighted by atomic mass is 9.76. The van der Waals surface area contributed by atoms with Gasteiger partial charge in [-0.05, 0) is 46.7 Å². The number of carbonyl (C=O) groups excluding carboxylic acids is 1. The lowest BCUT2D eigenvalue weighted by molar-refractivity contribution is -0.141. The van der Waals surface area contributed by atoms with Crippen LogP contribution >= 0.6 is 0 Å². The van der Waals surface area contributed by atoms with Crippen molar-refractivity contribution in [3.05, 3.63) is 0 Å². The molecule has 19 heavy (non-hydrogen) atoms. The average molecular weight is 269 g/mol. The Hall–Kier alpha value is -0.610. The van der Waals surface area contributed by atoms with Crippen LogP contribution in [0.5, 0.6) is 0 Å². The number of likely N-dealkylation sites (N-methyl/N-ethyl adjacent to an activating group) is 2. The molecule has 0 spiro atoms. The van der Waals surface area contributed by atoms with Crippen molar-refractivity contribution < 1.29 is 4.79 Å². The number of rotatable bonds is 5. The van der Waals surface area contributed by atoms with Crippen molar-refractivity contribution in [3.63, 3.8) is 0 Å². The van der Waals surface area contributed by atoms with Crippen molar-refractivity contribution in [2.24, 2.45) is 11.7 Å². The topological polar surface area (TPSA) is 49.6 Å². The molecule has 0 aromatic carbocycles. The van der Waals surface area contributed by atoms with Crippen LogP contribution in [0.4, 0.5) is 0 Å². The van der Waals surface area contributed by atoms with Gasteiger partial charge in [0.15, 0.2) is 0 Å². The zero-order chi connectivity index (χ0) is 14.6. The Labute approximate surface area is 118 Å². The van der Waals surface area contributed by atoms with Crippen LogP contribution in [-0.4, -0.2) is 54.5 Å². The van der Waals surface area contributed by atoms with E-state index in [-0.39, 0.29) is 11.9 Å². The molecule has 0 aromatic heterocycles. The van der Waals surface area contributed by atoms with Crippen LogP contribution in [0.15, 0.2) is 0 Å². The lowest BCUT2D eigenvalue weighted by Gasteiger charge is -2.41. The van der Waals surface area contributed by atoms with E-state index in [4.69, 9.17) is 5.73 Å². The molecule has 1 aliphatic carbocycles. The highest BCUT2D eigenvalue weighted by atomic mass is 16.2. The first kappa shape index (κ1) is 16.4. The minimum atomic E-state index is -0.631. The molecule has 0 bridgehead atoms. The van der Waals surface area contributed by atoms with Crippen molar-refractivity contribution in [3.8, 4) is 0 Å². The van der Waals surface area contributed by atoms with Crippen molar-refractivity contribution in [1.29, 1.82) is 0 Å². The molecule has 1 amide bonds. The smallest absolute Gasteiger partial charge is 0.242 e. The van der Waals surface area contributed by atoms with Gasteiger partial charge < -0.3 is 15.5 Å². The second kappa shape index (κ2) is 6.71. The first-order chi connectivity index (χ1) is 8.80. The molecule has 4 heteroatoms. The quantitative estimate of drug-likeness (QED) is 0.826. The Morgan fingerprint density at radius 3 is 2.58 bits per heavy atom. The summed E-state index contributed by atoms with van der Waals surface area (Å²) >= 11 is 0. The van der Waals surface area contributed by atoms with Gasteiger partial charge in [-0.25, -0.2) is 0 Å². The van der Waals surface area contributed by atoms with Gasteiger partial charge in [0.25, 0.3) is 0 Å². The number of hydrogen-bond acceptors (Lipinski definition) is 3. The molecule has 0 aromatic rings. The van der Waals surface area contributed by atoms with Gasteiger partial charge in [-0.3, -0.25) is 4.79 Å². The Morgan fingerprint density at radius 1 is 1.47 bits per heavy atom. The summed E-state index contributed by atoms with van der Waals surface area (Å²) in [4.78, 5) is 16.9. The molecular formula is C15H31N3O. The third-order valence-corrected chi connectivity index (χ3v) is 4.22. The minimum Gasteiger partial charge on any atom is -0.337 e. The van der Waals surface area contributed by atoms with Gasteiger partial charge in [0.1, 0.15) is 0 Å². The van der Waals surface area contributed by atoms with Crippen molar-refractivity contribution in [2.75, 3.05) is 27.2 Å². The molecule has 2 N–H and O–H groups in total. The van der Waals surface area contributed by atoms with Gasteiger partial charge in [-0.2, -0.15) is 0 Å². The van der Waals surface area contributed by atoms with Gasteiger partial charge >= 0.3 is 0 Å². The highest BCUT2D eigenvalue weighted by molar-refractivity contribution is 5.86. The van der Waals surface area contributed by atoms with E-state index in [2.05, 4.69) is 18.7 Å². The number of nitrogens with zero attached hydrogens (tertiary/aromatic N) is 2. The average Bonchev–Trinajstić information content (AvgIpc) is 2.28. The van der Waals surface area contributed by atoms with E-state index in [1.165, 1.54) is 6.42 Å². The summed E-state index contributed by atoms with van der Waals surface area (Å²) in [6.07, 6.45) is 3.94. The SMILES string of the molecule is CCN(C(=O)C1(N)CCCC(C)C1)C(C)CN(C)C. The molecule has 1 saturated carbocycles. The van der Waals surface area contributed by atoms with Crippen LogP contribution < -0.4 is 5.73 Å². The summed E-state index contributed by atoms with van der Waals surface area (Å²) in [7, 11) is 4.07. The van der Waals surface area contributed by atoms with Crippen LogP contribution in [0.3, 0.4) is 0 Å². The van der Waals surface area contributed by atoms with E-state index in [1.807, 2.05) is 25.9 Å². The predicted molar refractivity (Wildman–Crippen MR) is 80.0 cm³/mol. The third-order valence-electron chi connectivity index (χ3n) is 4.22. The first-order valence-electron chi connectivity index (χ1n) is 7.55. The van der Waals surface area contributed by atoms with E-state index in [9.17, 15) is 4.79 Å². The summed E-state index contributed by atoms with van der Waals surface area (Å²) < 4.78 is 0. The monoisotopic (exact) mass is 269 g/mol. The minimum absolute atomic E-state index is 0.149. The molecule has 0 aliphatic heterocycles. The maximum absolute atomic E-state index is 12.8. The number of hydrogen-bond donors (Lipinski definition) is 1. The number of nitrogens with two attached hydrogens (primary N) is 1. The molecular weight excluding hydrogens is 238 g/mol. The molecule has 0 radical (unpaired) electrons. The standard InChI is InChI=1S/C15H31N3O/c1-6-18(13(3)11-17(4)5)14(19)15(16)9-7-8-12(2)10-15/h12-13H,6-11,16H2,1-5H3. The Morgan fingerprint density at radius 2 is 2.11 bits per heavy atom. The van der Waals surface area contributed by atoms with Crippen molar-refractivity contribution in [2.45, 2.75) is 58.0 Å². The first-order valence-corrected chi connectivity index (χ1v) is 7.55. The van der Waals surface area contributed by atoms with Gasteiger partial charge in [-0.15, -0.1) is 0 Å². The van der Waals surface area contributed by atoms with Gasteiger partial charge in [0.05, 0.1) is 5.54 Å². The molecule has 1 fully saturated rings. The fraction of sp³-hybridized carbons (Fsp3) is 0.933. The van der Waals surface area contributed by atoms with E-state index < -0.39 is 5.54 Å². The van der Waals surface area contributed by atoms with Crippen molar-refractivity contribution >= 4 is 5.91 Å². The number of carbonyl (C=O) groups is 1. The summed E-state index contributed by atoms with van der Waals surface area (Å²) in [5.74, 6) is 0.710. The third kappa shape index (κ3) is 4.18. The van der Waals surface area contributed by atoms with Crippen LogP contribution in [0.2, 0.25) is 0 Å². The highest BCUT2D eigenvalue weighted by Gasteiger charge is 2.41. The van der Waals surface area contributed by atoms with E-state index in [0.29, 0.717) is 5.92 Å². The zero-order valence-corrected chi connectivity index (χ0v) is 13.3. The van der Waals surface area contributed by atoms with Crippen molar-refractivity contribution in [1.82, 2.24) is 9.80 Å². The lowest BCUT2D eigenvalue weighted by Crippen LogP contribution is -2.60. The summed E-state index contributed by atoms with van der Waals surface area (Å²) in [5, 5.41) is 0. The molecule has 4 nitrogen and oxygen atoms in total. The van der Waals surface area contributed by atoms with E-state index >= 15 is 0 Å². The van der Waals surface area contributed by atoms with Gasteiger partial charge in [0, 0.05) is 19.1 Å². The van der Waals surface area contributed by atoms with Crippen LogP contribution in [-0.2, 0) is 4.79 Å². The second-order valence-electron chi connectivity index (χ2n) is 6.56. The fourth-order valence-electron chi connectivity index (χ4n) is 3.35. The number of amides is 1. The molecule has 112 valence electrons. The normalized spacial score (nSPS) is 29.3. The summed E-state index contributed by atoms with van der Waals surface area (Å²) in [6, 6.07) is 0.213. The van der Waals surface area contributed by atoms with E-state index in [0.717, 1.165) is 32.4 Å². The Bertz CT molecular complexity index is 306. The molecule has 1 aliphatic rings. The fourth-order valence-corrected chi connectivity index (χ4v) is 3.35. The predicted octanol–water partition coefficient (Wildman–Crippen LogP) is 1.69. The van der Waals surface area contributed by atoms with Gasteiger partial charge in [0.2, 0.25) is 5.91 Å². The summed E-state index contributed by atoms with van der Waals surface area (Å²) in [5.41, 5.74) is 5.80. The molecule has 1 rings (SSSR count). The van der Waals surface area contributed by atoms with E-state index in [1.54, 1.807) is 0 Å². The highest BCUT2D eigenvalue weighted by Crippen LogP contribution is 2.32. The second-order valence-corrected chi connectivity index (χ2v) is 6.56. The molecule has 3 atom stereocenters. The Kier molecular flexibility index (Phi) is 5.81. The maximum atomic E-state index is 12.8. The zero-order valence-electron chi connectivity index (χ0n) is 13.3.